The standard InChI is InChI=1S/C12H22N2O5S/c1-19-4-3-14(9-2-5-20(17,18)8-9)12(16)11-6-10(15)7-13-11/h9-11,13,15H,2-8H2,1H3. The van der Waals surface area contributed by atoms with Gasteiger partial charge in [0, 0.05) is 26.2 Å². The number of nitrogens with one attached hydrogen (secondary N) is 1. The smallest absolute Gasteiger partial charge is 0.240 e. The normalized spacial score (nSPS) is 32.4. The molecule has 3 unspecified atom stereocenters. The molecule has 0 radical (unpaired) electrons. The van der Waals surface area contributed by atoms with Crippen molar-refractivity contribution in [1.29, 1.82) is 0 Å². The van der Waals surface area contributed by atoms with E-state index in [0.29, 0.717) is 32.5 Å². The van der Waals surface area contributed by atoms with Crippen LogP contribution in [0.2, 0.25) is 0 Å². The summed E-state index contributed by atoms with van der Waals surface area (Å²) < 4.78 is 28.2. The van der Waals surface area contributed by atoms with E-state index in [-0.39, 0.29) is 23.5 Å². The van der Waals surface area contributed by atoms with Crippen LogP contribution in [0, 0.1) is 0 Å². The Morgan fingerprint density at radius 1 is 1.50 bits per heavy atom. The number of aliphatic hydroxyl groups is 1. The second-order valence-corrected chi connectivity index (χ2v) is 7.66. The summed E-state index contributed by atoms with van der Waals surface area (Å²) in [5.41, 5.74) is 0. The lowest BCUT2D eigenvalue weighted by Crippen LogP contribution is -2.50. The molecular weight excluding hydrogens is 284 g/mol. The molecule has 2 aliphatic heterocycles. The Morgan fingerprint density at radius 3 is 2.75 bits per heavy atom. The third-order valence-electron chi connectivity index (χ3n) is 3.87. The van der Waals surface area contributed by atoms with Crippen molar-refractivity contribution in [3.63, 3.8) is 0 Å². The van der Waals surface area contributed by atoms with Gasteiger partial charge in [0.2, 0.25) is 5.91 Å². The Hall–Kier alpha value is -0.700. The number of hydrogen-bond donors (Lipinski definition) is 2. The van der Waals surface area contributed by atoms with Crippen molar-refractivity contribution in [3.8, 4) is 0 Å². The fourth-order valence-electron chi connectivity index (χ4n) is 2.79. The van der Waals surface area contributed by atoms with E-state index in [1.54, 1.807) is 12.0 Å². The number of carbonyl (C=O) groups is 1. The summed E-state index contributed by atoms with van der Waals surface area (Å²) in [4.78, 5) is 14.1. The van der Waals surface area contributed by atoms with E-state index in [9.17, 15) is 18.3 Å². The van der Waals surface area contributed by atoms with Gasteiger partial charge in [-0.15, -0.1) is 0 Å². The molecule has 1 amide bonds. The Morgan fingerprint density at radius 2 is 2.25 bits per heavy atom. The van der Waals surface area contributed by atoms with E-state index in [0.717, 1.165) is 0 Å². The van der Waals surface area contributed by atoms with Gasteiger partial charge < -0.3 is 20.1 Å². The first-order valence-electron chi connectivity index (χ1n) is 6.84. The van der Waals surface area contributed by atoms with Crippen LogP contribution in [0.4, 0.5) is 0 Å². The SMILES string of the molecule is COCCN(C(=O)C1CC(O)CN1)C1CCS(=O)(=O)C1. The number of rotatable bonds is 5. The largest absolute Gasteiger partial charge is 0.392 e. The third kappa shape index (κ3) is 3.69. The zero-order valence-electron chi connectivity index (χ0n) is 11.6. The summed E-state index contributed by atoms with van der Waals surface area (Å²) in [5.74, 6) is 0.0214. The van der Waals surface area contributed by atoms with Crippen molar-refractivity contribution >= 4 is 15.7 Å². The minimum absolute atomic E-state index is 0.0255. The van der Waals surface area contributed by atoms with E-state index < -0.39 is 22.0 Å². The topological polar surface area (TPSA) is 95.9 Å². The van der Waals surface area contributed by atoms with E-state index in [4.69, 9.17) is 4.74 Å². The van der Waals surface area contributed by atoms with Crippen LogP contribution in [-0.2, 0) is 19.4 Å². The fourth-order valence-corrected chi connectivity index (χ4v) is 4.52. The maximum absolute atomic E-state index is 12.5. The molecule has 2 N–H and O–H groups in total. The molecule has 0 aromatic carbocycles. The lowest BCUT2D eigenvalue weighted by atomic mass is 10.1. The van der Waals surface area contributed by atoms with Crippen LogP contribution in [0.1, 0.15) is 12.8 Å². The van der Waals surface area contributed by atoms with Crippen LogP contribution in [0.15, 0.2) is 0 Å². The van der Waals surface area contributed by atoms with Crippen LogP contribution in [0.5, 0.6) is 0 Å². The van der Waals surface area contributed by atoms with Crippen molar-refractivity contribution in [3.05, 3.63) is 0 Å². The fraction of sp³-hybridized carbons (Fsp3) is 0.917. The summed E-state index contributed by atoms with van der Waals surface area (Å²) in [6.07, 6.45) is 0.343. The Bertz CT molecular complexity index is 453. The molecule has 2 saturated heterocycles. The number of hydrogen-bond acceptors (Lipinski definition) is 6. The van der Waals surface area contributed by atoms with Gasteiger partial charge >= 0.3 is 0 Å². The zero-order chi connectivity index (χ0) is 14.8. The van der Waals surface area contributed by atoms with E-state index in [1.807, 2.05) is 0 Å². The molecule has 2 heterocycles. The molecule has 2 rings (SSSR count). The van der Waals surface area contributed by atoms with E-state index in [2.05, 4.69) is 5.32 Å². The number of nitrogens with zero attached hydrogens (tertiary/aromatic N) is 1. The van der Waals surface area contributed by atoms with E-state index >= 15 is 0 Å². The molecule has 0 aromatic heterocycles. The third-order valence-corrected chi connectivity index (χ3v) is 5.62. The maximum Gasteiger partial charge on any atom is 0.240 e. The molecule has 2 fully saturated rings. The molecule has 116 valence electrons. The summed E-state index contributed by atoms with van der Waals surface area (Å²) in [6, 6.07) is -0.702. The maximum atomic E-state index is 12.5. The number of sulfone groups is 1. The zero-order valence-corrected chi connectivity index (χ0v) is 12.4. The van der Waals surface area contributed by atoms with Crippen LogP contribution in [-0.4, -0.2) is 80.8 Å². The number of carbonyl (C=O) groups excluding carboxylic acids is 1. The van der Waals surface area contributed by atoms with Gasteiger partial charge in [0.05, 0.1) is 30.3 Å². The van der Waals surface area contributed by atoms with Gasteiger partial charge in [0.25, 0.3) is 0 Å². The van der Waals surface area contributed by atoms with Gasteiger partial charge in [0.1, 0.15) is 0 Å². The molecular formula is C12H22N2O5S. The molecule has 0 aliphatic carbocycles. The first-order chi connectivity index (χ1) is 9.43. The molecule has 0 spiro atoms. The van der Waals surface area contributed by atoms with Crippen molar-refractivity contribution < 1.29 is 23.1 Å². The quantitative estimate of drug-likeness (QED) is 0.633. The predicted octanol–water partition coefficient (Wildman–Crippen LogP) is -1.63. The first-order valence-corrected chi connectivity index (χ1v) is 8.66. The van der Waals surface area contributed by atoms with Gasteiger partial charge in [-0.1, -0.05) is 0 Å². The highest BCUT2D eigenvalue weighted by Gasteiger charge is 2.38. The van der Waals surface area contributed by atoms with Crippen molar-refractivity contribution in [2.45, 2.75) is 31.0 Å². The highest BCUT2D eigenvalue weighted by atomic mass is 32.2. The minimum Gasteiger partial charge on any atom is -0.392 e. The molecule has 8 heteroatoms. The summed E-state index contributed by atoms with van der Waals surface area (Å²) in [5, 5.41) is 12.5. The average Bonchev–Trinajstić information content (AvgIpc) is 2.96. The van der Waals surface area contributed by atoms with Crippen molar-refractivity contribution in [2.24, 2.45) is 0 Å². The van der Waals surface area contributed by atoms with Crippen LogP contribution in [0.25, 0.3) is 0 Å². The number of ether oxygens (including phenoxy) is 1. The summed E-state index contributed by atoms with van der Waals surface area (Å²) >= 11 is 0. The second-order valence-electron chi connectivity index (χ2n) is 5.43. The van der Waals surface area contributed by atoms with Gasteiger partial charge in [-0.25, -0.2) is 8.42 Å². The second kappa shape index (κ2) is 6.38. The van der Waals surface area contributed by atoms with Crippen LogP contribution < -0.4 is 5.32 Å². The molecule has 7 nitrogen and oxygen atoms in total. The molecule has 0 bridgehead atoms. The lowest BCUT2D eigenvalue weighted by Gasteiger charge is -2.30. The highest BCUT2D eigenvalue weighted by Crippen LogP contribution is 2.20. The molecule has 2 aliphatic rings. The molecule has 3 atom stereocenters. The van der Waals surface area contributed by atoms with Crippen LogP contribution >= 0.6 is 0 Å². The number of aliphatic hydroxyl groups excluding tert-OH is 1. The van der Waals surface area contributed by atoms with Gasteiger partial charge in [0.15, 0.2) is 9.84 Å². The van der Waals surface area contributed by atoms with Gasteiger partial charge in [-0.2, -0.15) is 0 Å². The van der Waals surface area contributed by atoms with Crippen LogP contribution in [0.3, 0.4) is 0 Å². The van der Waals surface area contributed by atoms with Crippen molar-refractivity contribution in [2.75, 3.05) is 38.3 Å². The highest BCUT2D eigenvalue weighted by molar-refractivity contribution is 7.91. The van der Waals surface area contributed by atoms with Crippen molar-refractivity contribution in [1.82, 2.24) is 10.2 Å². The first kappa shape index (κ1) is 15.7. The summed E-state index contributed by atoms with van der Waals surface area (Å²) in [6.45, 7) is 1.15. The monoisotopic (exact) mass is 306 g/mol. The van der Waals surface area contributed by atoms with Gasteiger partial charge in [-0.3, -0.25) is 4.79 Å². The Labute approximate surface area is 119 Å². The Kier molecular flexibility index (Phi) is 5.00. The van der Waals surface area contributed by atoms with Gasteiger partial charge in [-0.05, 0) is 12.8 Å². The molecule has 0 aromatic rings. The minimum atomic E-state index is -3.04. The predicted molar refractivity (Wildman–Crippen MR) is 73.1 cm³/mol. The summed E-state index contributed by atoms with van der Waals surface area (Å²) in [7, 11) is -1.49. The number of β-amino-alcohol motifs (C(OH)–C–C–N with tert-alkyl or cyclic N) is 1. The number of methoxy groups -OCH3 is 1. The lowest BCUT2D eigenvalue weighted by molar-refractivity contribution is -0.135. The average molecular weight is 306 g/mol. The number of amides is 1. The molecule has 20 heavy (non-hydrogen) atoms. The van der Waals surface area contributed by atoms with E-state index in [1.165, 1.54) is 0 Å². The Balaban J connectivity index is 2.05. The molecule has 0 saturated carbocycles.